The highest BCUT2D eigenvalue weighted by Crippen LogP contribution is 2.27. The molecule has 0 aliphatic carbocycles. The van der Waals surface area contributed by atoms with E-state index in [0.29, 0.717) is 5.02 Å². The molecule has 0 atom stereocenters. The molecule has 62 valence electrons. The molecule has 0 aliphatic heterocycles. The maximum absolute atomic E-state index is 5.83. The standard InChI is InChI=1S/C8H7ClN2O/c1-12-8-3-5(9)2-7-6(8)4-10-11-7/h2-4H,1H3,(H,10,11). The van der Waals surface area contributed by atoms with Gasteiger partial charge >= 0.3 is 0 Å². The second-order valence-corrected chi connectivity index (χ2v) is 2.88. The molecule has 2 aromatic rings. The largest absolute Gasteiger partial charge is 0.496 e. The molecule has 0 spiro atoms. The van der Waals surface area contributed by atoms with Crippen LogP contribution in [0.15, 0.2) is 18.3 Å². The fraction of sp³-hybridized carbons (Fsp3) is 0.125. The second-order valence-electron chi connectivity index (χ2n) is 2.44. The number of aromatic amines is 1. The third kappa shape index (κ3) is 1.02. The maximum Gasteiger partial charge on any atom is 0.131 e. The SMILES string of the molecule is COc1cc(Cl)cc2[nH]ncc12. The van der Waals surface area contributed by atoms with Crippen molar-refractivity contribution in [3.05, 3.63) is 23.4 Å². The zero-order chi connectivity index (χ0) is 8.55. The van der Waals surface area contributed by atoms with Crippen molar-refractivity contribution < 1.29 is 4.74 Å². The summed E-state index contributed by atoms with van der Waals surface area (Å²) >= 11 is 5.83. The van der Waals surface area contributed by atoms with Crippen LogP contribution in [0.2, 0.25) is 5.02 Å². The number of H-pyrrole nitrogens is 1. The molecule has 0 radical (unpaired) electrons. The normalized spacial score (nSPS) is 10.5. The van der Waals surface area contributed by atoms with Crippen molar-refractivity contribution >= 4 is 22.5 Å². The smallest absolute Gasteiger partial charge is 0.131 e. The van der Waals surface area contributed by atoms with Gasteiger partial charge in [-0.1, -0.05) is 11.6 Å². The quantitative estimate of drug-likeness (QED) is 0.735. The molecule has 2 rings (SSSR count). The van der Waals surface area contributed by atoms with E-state index < -0.39 is 0 Å². The fourth-order valence-corrected chi connectivity index (χ4v) is 1.36. The van der Waals surface area contributed by atoms with Crippen LogP contribution in [0.1, 0.15) is 0 Å². The van der Waals surface area contributed by atoms with Gasteiger partial charge in [0.15, 0.2) is 0 Å². The Hall–Kier alpha value is -1.22. The Labute approximate surface area is 74.3 Å². The molecule has 1 aromatic heterocycles. The summed E-state index contributed by atoms with van der Waals surface area (Å²) in [5.41, 5.74) is 0.888. The Bertz CT molecular complexity index is 410. The molecule has 0 amide bonds. The van der Waals surface area contributed by atoms with Crippen molar-refractivity contribution in [1.82, 2.24) is 10.2 Å². The lowest BCUT2D eigenvalue weighted by Crippen LogP contribution is -1.82. The Balaban J connectivity index is 2.80. The van der Waals surface area contributed by atoms with Crippen molar-refractivity contribution in [3.8, 4) is 5.75 Å². The Kier molecular flexibility index (Phi) is 1.66. The molecule has 1 N–H and O–H groups in total. The Morgan fingerprint density at radius 2 is 2.33 bits per heavy atom. The van der Waals surface area contributed by atoms with Gasteiger partial charge in [-0.25, -0.2) is 0 Å². The van der Waals surface area contributed by atoms with Crippen molar-refractivity contribution in [3.63, 3.8) is 0 Å². The number of fused-ring (bicyclic) bond motifs is 1. The number of methoxy groups -OCH3 is 1. The van der Waals surface area contributed by atoms with Crippen LogP contribution in [-0.4, -0.2) is 17.3 Å². The van der Waals surface area contributed by atoms with Gasteiger partial charge in [-0.3, -0.25) is 5.10 Å². The van der Waals surface area contributed by atoms with E-state index in [1.165, 1.54) is 0 Å². The van der Waals surface area contributed by atoms with Gasteiger partial charge in [0.2, 0.25) is 0 Å². The molecule has 4 heteroatoms. The van der Waals surface area contributed by atoms with Crippen LogP contribution in [0, 0.1) is 0 Å². The van der Waals surface area contributed by atoms with Crippen molar-refractivity contribution in [1.29, 1.82) is 0 Å². The van der Waals surface area contributed by atoms with Crippen LogP contribution in [0.5, 0.6) is 5.75 Å². The van der Waals surface area contributed by atoms with Crippen LogP contribution in [0.4, 0.5) is 0 Å². The first-order valence-electron chi connectivity index (χ1n) is 3.48. The summed E-state index contributed by atoms with van der Waals surface area (Å²) in [5, 5.41) is 8.30. The van der Waals surface area contributed by atoms with Crippen LogP contribution in [-0.2, 0) is 0 Å². The van der Waals surface area contributed by atoms with Crippen LogP contribution in [0.3, 0.4) is 0 Å². The number of nitrogens with one attached hydrogen (secondary N) is 1. The maximum atomic E-state index is 5.83. The number of halogens is 1. The number of rotatable bonds is 1. The van der Waals surface area contributed by atoms with E-state index in [1.54, 1.807) is 19.4 Å². The molecule has 0 saturated carbocycles. The molecular weight excluding hydrogens is 176 g/mol. The van der Waals surface area contributed by atoms with Gasteiger partial charge in [-0.2, -0.15) is 5.10 Å². The topological polar surface area (TPSA) is 37.9 Å². The van der Waals surface area contributed by atoms with E-state index in [2.05, 4.69) is 10.2 Å². The summed E-state index contributed by atoms with van der Waals surface area (Å²) in [5.74, 6) is 0.742. The van der Waals surface area contributed by atoms with Crippen molar-refractivity contribution in [2.24, 2.45) is 0 Å². The highest BCUT2D eigenvalue weighted by atomic mass is 35.5. The highest BCUT2D eigenvalue weighted by Gasteiger charge is 2.03. The van der Waals surface area contributed by atoms with E-state index in [-0.39, 0.29) is 0 Å². The molecule has 1 aromatic carbocycles. The fourth-order valence-electron chi connectivity index (χ4n) is 1.15. The summed E-state index contributed by atoms with van der Waals surface area (Å²) in [6.45, 7) is 0. The van der Waals surface area contributed by atoms with E-state index in [0.717, 1.165) is 16.7 Å². The molecule has 12 heavy (non-hydrogen) atoms. The zero-order valence-corrected chi connectivity index (χ0v) is 7.22. The highest BCUT2D eigenvalue weighted by molar-refractivity contribution is 6.31. The van der Waals surface area contributed by atoms with Gasteiger partial charge in [0, 0.05) is 5.02 Å². The molecule has 0 unspecified atom stereocenters. The summed E-state index contributed by atoms with van der Waals surface area (Å²) in [7, 11) is 1.61. The number of hydrogen-bond acceptors (Lipinski definition) is 2. The number of hydrogen-bond donors (Lipinski definition) is 1. The van der Waals surface area contributed by atoms with Gasteiger partial charge in [0.25, 0.3) is 0 Å². The van der Waals surface area contributed by atoms with Crippen molar-refractivity contribution in [2.45, 2.75) is 0 Å². The molecule has 3 nitrogen and oxygen atoms in total. The van der Waals surface area contributed by atoms with Gasteiger partial charge in [0.05, 0.1) is 24.2 Å². The lowest BCUT2D eigenvalue weighted by molar-refractivity contribution is 0.420. The number of nitrogens with zero attached hydrogens (tertiary/aromatic N) is 1. The zero-order valence-electron chi connectivity index (χ0n) is 6.47. The van der Waals surface area contributed by atoms with Gasteiger partial charge in [0.1, 0.15) is 5.75 Å². The molecule has 0 aliphatic rings. The summed E-state index contributed by atoms with van der Waals surface area (Å²) < 4.78 is 5.12. The predicted octanol–water partition coefficient (Wildman–Crippen LogP) is 2.22. The summed E-state index contributed by atoms with van der Waals surface area (Å²) in [4.78, 5) is 0. The minimum atomic E-state index is 0.642. The first kappa shape index (κ1) is 7.43. The lowest BCUT2D eigenvalue weighted by Gasteiger charge is -2.00. The second kappa shape index (κ2) is 2.68. The Morgan fingerprint density at radius 3 is 3.08 bits per heavy atom. The summed E-state index contributed by atoms with van der Waals surface area (Å²) in [6, 6.07) is 3.58. The first-order chi connectivity index (χ1) is 5.81. The van der Waals surface area contributed by atoms with Gasteiger partial charge in [-0.05, 0) is 12.1 Å². The third-order valence-corrected chi connectivity index (χ3v) is 1.92. The van der Waals surface area contributed by atoms with Gasteiger partial charge in [-0.15, -0.1) is 0 Å². The Morgan fingerprint density at radius 1 is 1.50 bits per heavy atom. The first-order valence-corrected chi connectivity index (χ1v) is 3.85. The van der Waals surface area contributed by atoms with E-state index >= 15 is 0 Å². The molecule has 0 fully saturated rings. The van der Waals surface area contributed by atoms with Crippen LogP contribution < -0.4 is 4.74 Å². The van der Waals surface area contributed by atoms with Gasteiger partial charge < -0.3 is 4.74 Å². The number of ether oxygens (including phenoxy) is 1. The van der Waals surface area contributed by atoms with E-state index in [9.17, 15) is 0 Å². The van der Waals surface area contributed by atoms with E-state index in [4.69, 9.17) is 16.3 Å². The molecule has 0 bridgehead atoms. The third-order valence-electron chi connectivity index (χ3n) is 1.71. The molecule has 0 saturated heterocycles. The average Bonchev–Trinajstić information content (AvgIpc) is 2.50. The van der Waals surface area contributed by atoms with E-state index in [1.807, 2.05) is 6.07 Å². The van der Waals surface area contributed by atoms with Crippen LogP contribution >= 0.6 is 11.6 Å². The molecule has 1 heterocycles. The summed E-state index contributed by atoms with van der Waals surface area (Å²) in [6.07, 6.45) is 1.71. The minimum absolute atomic E-state index is 0.642. The average molecular weight is 183 g/mol. The predicted molar refractivity (Wildman–Crippen MR) is 47.7 cm³/mol. The monoisotopic (exact) mass is 182 g/mol. The lowest BCUT2D eigenvalue weighted by atomic mass is 10.2. The number of benzene rings is 1. The van der Waals surface area contributed by atoms with Crippen molar-refractivity contribution in [2.75, 3.05) is 7.11 Å². The number of aromatic nitrogens is 2. The minimum Gasteiger partial charge on any atom is -0.496 e. The molecular formula is C8H7ClN2O. The van der Waals surface area contributed by atoms with Crippen LogP contribution in [0.25, 0.3) is 10.9 Å².